The molecule has 0 bridgehead atoms. The van der Waals surface area contributed by atoms with Crippen LogP contribution in [-0.2, 0) is 16.4 Å². The van der Waals surface area contributed by atoms with Gasteiger partial charge in [0.25, 0.3) is 0 Å². The van der Waals surface area contributed by atoms with Crippen molar-refractivity contribution in [3.05, 3.63) is 22.6 Å². The number of imidazole rings is 1. The van der Waals surface area contributed by atoms with E-state index in [0.29, 0.717) is 24.4 Å². The summed E-state index contributed by atoms with van der Waals surface area (Å²) in [6.07, 6.45) is 3.10. The Morgan fingerprint density at radius 2 is 2.33 bits per heavy atom. The Morgan fingerprint density at radius 3 is 2.95 bits per heavy atom. The molecule has 0 saturated carbocycles. The molecule has 114 valence electrons. The van der Waals surface area contributed by atoms with Crippen LogP contribution < -0.4 is 0 Å². The normalized spacial score (nSPS) is 22.7. The molecular weight excluding hydrogens is 378 g/mol. The maximum absolute atomic E-state index is 12.1. The Balaban J connectivity index is 2.09. The fourth-order valence-corrected chi connectivity index (χ4v) is 5.04. The van der Waals surface area contributed by atoms with Gasteiger partial charge in [-0.15, -0.1) is 11.6 Å². The Kier molecular flexibility index (Phi) is 4.00. The van der Waals surface area contributed by atoms with Crippen LogP contribution in [0, 0.1) is 0 Å². The number of pyridine rings is 1. The molecule has 2 aromatic rings. The van der Waals surface area contributed by atoms with E-state index in [1.54, 1.807) is 6.20 Å². The van der Waals surface area contributed by atoms with Crippen LogP contribution in [-0.4, -0.2) is 34.0 Å². The van der Waals surface area contributed by atoms with E-state index in [0.717, 1.165) is 16.4 Å². The number of nitrogens with zero attached hydrogens (tertiary/aromatic N) is 3. The summed E-state index contributed by atoms with van der Waals surface area (Å²) >= 11 is 9.57. The van der Waals surface area contributed by atoms with Gasteiger partial charge in [-0.05, 0) is 41.8 Å². The topological polar surface area (TPSA) is 64.8 Å². The highest BCUT2D eigenvalue weighted by molar-refractivity contribution is 9.10. The van der Waals surface area contributed by atoms with Crippen molar-refractivity contribution in [1.82, 2.24) is 14.5 Å². The first-order valence-electron chi connectivity index (χ1n) is 6.76. The molecule has 0 aliphatic carbocycles. The molecule has 8 heteroatoms. The Morgan fingerprint density at radius 1 is 1.57 bits per heavy atom. The van der Waals surface area contributed by atoms with Gasteiger partial charge in [0.1, 0.15) is 11.3 Å². The molecule has 3 heterocycles. The predicted octanol–water partition coefficient (Wildman–Crippen LogP) is 3.07. The highest BCUT2D eigenvalue weighted by Crippen LogP contribution is 2.28. The second-order valence-electron chi connectivity index (χ2n) is 5.32. The number of rotatable bonds is 3. The van der Waals surface area contributed by atoms with Gasteiger partial charge >= 0.3 is 0 Å². The number of sulfone groups is 1. The van der Waals surface area contributed by atoms with Crippen molar-refractivity contribution in [2.24, 2.45) is 0 Å². The van der Waals surface area contributed by atoms with Crippen molar-refractivity contribution in [2.45, 2.75) is 36.9 Å². The molecule has 2 unspecified atom stereocenters. The van der Waals surface area contributed by atoms with Crippen LogP contribution in [0.25, 0.3) is 11.2 Å². The summed E-state index contributed by atoms with van der Waals surface area (Å²) in [5.74, 6) is 0.939. The first-order valence-corrected chi connectivity index (χ1v) is 9.70. The minimum Gasteiger partial charge on any atom is -0.310 e. The van der Waals surface area contributed by atoms with Crippen LogP contribution >= 0.6 is 27.5 Å². The van der Waals surface area contributed by atoms with Gasteiger partial charge in [0.05, 0.1) is 16.4 Å². The predicted molar refractivity (Wildman–Crippen MR) is 86.3 cm³/mol. The average molecular weight is 393 g/mol. The molecule has 2 atom stereocenters. The van der Waals surface area contributed by atoms with Gasteiger partial charge in [-0.25, -0.2) is 18.4 Å². The summed E-state index contributed by atoms with van der Waals surface area (Å²) in [5.41, 5.74) is 1.41. The number of halogens is 2. The lowest BCUT2D eigenvalue weighted by Gasteiger charge is -2.14. The molecule has 3 rings (SSSR count). The van der Waals surface area contributed by atoms with E-state index in [1.807, 2.05) is 17.6 Å². The summed E-state index contributed by atoms with van der Waals surface area (Å²) in [6, 6.07) is 1.87. The Labute approximate surface area is 136 Å². The van der Waals surface area contributed by atoms with Gasteiger partial charge in [-0.2, -0.15) is 0 Å². The minimum absolute atomic E-state index is 0.273. The van der Waals surface area contributed by atoms with Gasteiger partial charge in [-0.1, -0.05) is 0 Å². The second kappa shape index (κ2) is 5.52. The zero-order valence-corrected chi connectivity index (χ0v) is 14.6. The SMILES string of the molecule is CC(Cl)c1nc2cc(Br)cnc2n1CC1CCCS1(=O)=O. The Hall–Kier alpha value is -0.660. The Bertz CT molecular complexity index is 788. The van der Waals surface area contributed by atoms with Gasteiger partial charge in [0.15, 0.2) is 15.5 Å². The van der Waals surface area contributed by atoms with Crippen molar-refractivity contribution >= 4 is 48.5 Å². The third-order valence-corrected chi connectivity index (χ3v) is 6.67. The van der Waals surface area contributed by atoms with Gasteiger partial charge in [0.2, 0.25) is 0 Å². The van der Waals surface area contributed by atoms with Crippen LogP contribution in [0.4, 0.5) is 0 Å². The maximum atomic E-state index is 12.1. The molecule has 0 aromatic carbocycles. The van der Waals surface area contributed by atoms with Crippen molar-refractivity contribution in [3.63, 3.8) is 0 Å². The number of fused-ring (bicyclic) bond motifs is 1. The van der Waals surface area contributed by atoms with Crippen molar-refractivity contribution in [3.8, 4) is 0 Å². The van der Waals surface area contributed by atoms with E-state index in [1.165, 1.54) is 0 Å². The summed E-state index contributed by atoms with van der Waals surface area (Å²) in [4.78, 5) is 8.88. The van der Waals surface area contributed by atoms with E-state index in [9.17, 15) is 8.42 Å². The molecule has 21 heavy (non-hydrogen) atoms. The lowest BCUT2D eigenvalue weighted by Crippen LogP contribution is -2.23. The molecule has 0 radical (unpaired) electrons. The monoisotopic (exact) mass is 391 g/mol. The van der Waals surface area contributed by atoms with E-state index in [-0.39, 0.29) is 16.4 Å². The average Bonchev–Trinajstić information content (AvgIpc) is 2.91. The minimum atomic E-state index is -3.01. The van der Waals surface area contributed by atoms with Crippen molar-refractivity contribution < 1.29 is 8.42 Å². The molecule has 1 fully saturated rings. The van der Waals surface area contributed by atoms with Crippen LogP contribution in [0.5, 0.6) is 0 Å². The van der Waals surface area contributed by atoms with Gasteiger partial charge < -0.3 is 4.57 Å². The fourth-order valence-electron chi connectivity index (χ4n) is 2.75. The summed E-state index contributed by atoms with van der Waals surface area (Å²) in [7, 11) is -3.01. The second-order valence-corrected chi connectivity index (χ2v) is 9.30. The summed E-state index contributed by atoms with van der Waals surface area (Å²) in [6.45, 7) is 2.21. The molecule has 0 N–H and O–H groups in total. The number of hydrogen-bond acceptors (Lipinski definition) is 4. The highest BCUT2D eigenvalue weighted by atomic mass is 79.9. The largest absolute Gasteiger partial charge is 0.310 e. The van der Waals surface area contributed by atoms with E-state index >= 15 is 0 Å². The van der Waals surface area contributed by atoms with E-state index in [2.05, 4.69) is 25.9 Å². The number of hydrogen-bond donors (Lipinski definition) is 0. The zero-order valence-electron chi connectivity index (χ0n) is 11.5. The number of alkyl halides is 1. The molecule has 0 spiro atoms. The van der Waals surface area contributed by atoms with Gasteiger partial charge in [-0.3, -0.25) is 0 Å². The fraction of sp³-hybridized carbons (Fsp3) is 0.538. The van der Waals surface area contributed by atoms with Crippen LogP contribution in [0.1, 0.15) is 31.0 Å². The lowest BCUT2D eigenvalue weighted by atomic mass is 10.2. The molecule has 5 nitrogen and oxygen atoms in total. The lowest BCUT2D eigenvalue weighted by molar-refractivity contribution is 0.561. The van der Waals surface area contributed by atoms with Crippen LogP contribution in [0.3, 0.4) is 0 Å². The maximum Gasteiger partial charge on any atom is 0.160 e. The third kappa shape index (κ3) is 2.83. The summed E-state index contributed by atoms with van der Waals surface area (Å²) < 4.78 is 26.8. The van der Waals surface area contributed by atoms with Crippen LogP contribution in [0.2, 0.25) is 0 Å². The molecule has 2 aromatic heterocycles. The van der Waals surface area contributed by atoms with Crippen LogP contribution in [0.15, 0.2) is 16.7 Å². The van der Waals surface area contributed by atoms with Crippen molar-refractivity contribution in [1.29, 1.82) is 0 Å². The molecule has 0 amide bonds. The summed E-state index contributed by atoms with van der Waals surface area (Å²) in [5, 5.41) is -0.670. The standard InChI is InChI=1S/C13H15BrClN3O2S/c1-8(15)12-17-11-5-9(14)6-16-13(11)18(12)7-10-3-2-4-21(10,19)20/h5-6,8,10H,2-4,7H2,1H3. The third-order valence-electron chi connectivity index (χ3n) is 3.79. The number of aromatic nitrogens is 3. The molecule has 1 aliphatic rings. The first-order chi connectivity index (χ1) is 9.88. The first kappa shape index (κ1) is 15.2. The highest BCUT2D eigenvalue weighted by Gasteiger charge is 2.33. The van der Waals surface area contributed by atoms with Crippen molar-refractivity contribution in [2.75, 3.05) is 5.75 Å². The van der Waals surface area contributed by atoms with Gasteiger partial charge in [0, 0.05) is 17.2 Å². The van der Waals surface area contributed by atoms with E-state index in [4.69, 9.17) is 11.6 Å². The molecular formula is C13H15BrClN3O2S. The zero-order chi connectivity index (χ0) is 15.2. The van der Waals surface area contributed by atoms with E-state index < -0.39 is 9.84 Å². The smallest absolute Gasteiger partial charge is 0.160 e. The molecule has 1 aliphatic heterocycles. The molecule has 1 saturated heterocycles. The quantitative estimate of drug-likeness (QED) is 0.753.